The maximum Gasteiger partial charge on any atom is 0.258 e. The summed E-state index contributed by atoms with van der Waals surface area (Å²) in [6, 6.07) is 7.31. The molecule has 0 bridgehead atoms. The van der Waals surface area contributed by atoms with E-state index >= 15 is 0 Å². The van der Waals surface area contributed by atoms with Crippen LogP contribution < -0.4 is 5.56 Å². The van der Waals surface area contributed by atoms with Crippen LogP contribution in [0, 0.1) is 20.8 Å². The molecule has 0 aliphatic carbocycles. The zero-order chi connectivity index (χ0) is 17.6. The van der Waals surface area contributed by atoms with E-state index in [-0.39, 0.29) is 5.56 Å². The first-order chi connectivity index (χ1) is 12.0. The van der Waals surface area contributed by atoms with Crippen LogP contribution in [-0.4, -0.2) is 29.0 Å². The van der Waals surface area contributed by atoms with E-state index in [0.717, 1.165) is 17.0 Å². The van der Waals surface area contributed by atoms with Gasteiger partial charge in [0.05, 0.1) is 5.69 Å². The van der Waals surface area contributed by atoms with Crippen molar-refractivity contribution < 1.29 is 0 Å². The van der Waals surface area contributed by atoms with Crippen molar-refractivity contribution in [2.24, 2.45) is 0 Å². The minimum Gasteiger partial charge on any atom is -0.269 e. The van der Waals surface area contributed by atoms with E-state index in [1.807, 2.05) is 39.0 Å². The molecule has 25 heavy (non-hydrogen) atoms. The van der Waals surface area contributed by atoms with Gasteiger partial charge in [-0.2, -0.15) is 4.98 Å². The van der Waals surface area contributed by atoms with Gasteiger partial charge in [-0.05, 0) is 44.5 Å². The Balaban J connectivity index is 1.64. The average Bonchev–Trinajstić information content (AvgIpc) is 2.95. The molecule has 0 fully saturated rings. The molecule has 0 atom stereocenters. The van der Waals surface area contributed by atoms with Crippen molar-refractivity contribution in [2.75, 3.05) is 0 Å². The summed E-state index contributed by atoms with van der Waals surface area (Å²) in [7, 11) is 0. The highest BCUT2D eigenvalue weighted by atomic mass is 32.2. The quantitative estimate of drug-likeness (QED) is 0.527. The van der Waals surface area contributed by atoms with Gasteiger partial charge in [0.15, 0.2) is 0 Å². The summed E-state index contributed by atoms with van der Waals surface area (Å²) in [5.74, 6) is 1.11. The van der Waals surface area contributed by atoms with Gasteiger partial charge in [-0.1, -0.05) is 11.8 Å². The van der Waals surface area contributed by atoms with Crippen molar-refractivity contribution in [1.82, 2.24) is 29.0 Å². The number of hydrogen-bond acceptors (Lipinski definition) is 6. The second kappa shape index (κ2) is 5.96. The minimum absolute atomic E-state index is 0.0864. The summed E-state index contributed by atoms with van der Waals surface area (Å²) in [4.78, 5) is 25.6. The van der Waals surface area contributed by atoms with Crippen LogP contribution in [0.2, 0.25) is 0 Å². The minimum atomic E-state index is -0.0864. The van der Waals surface area contributed by atoms with E-state index in [2.05, 4.69) is 20.1 Å². The smallest absolute Gasteiger partial charge is 0.258 e. The van der Waals surface area contributed by atoms with Crippen molar-refractivity contribution in [1.29, 1.82) is 0 Å². The number of aromatic nitrogens is 6. The fraction of sp³-hybridized carbons (Fsp3) is 0.235. The van der Waals surface area contributed by atoms with Crippen molar-refractivity contribution in [3.63, 3.8) is 0 Å². The lowest BCUT2D eigenvalue weighted by molar-refractivity contribution is 0.843. The van der Waals surface area contributed by atoms with Gasteiger partial charge in [0.1, 0.15) is 5.65 Å². The van der Waals surface area contributed by atoms with Gasteiger partial charge in [0.2, 0.25) is 5.16 Å². The monoisotopic (exact) mass is 352 g/mol. The van der Waals surface area contributed by atoms with Gasteiger partial charge in [0.25, 0.3) is 11.3 Å². The first-order valence-corrected chi connectivity index (χ1v) is 8.81. The average molecular weight is 352 g/mol. The number of thioether (sulfide) groups is 1. The fourth-order valence-corrected chi connectivity index (χ4v) is 3.39. The van der Waals surface area contributed by atoms with Crippen molar-refractivity contribution >= 4 is 23.2 Å². The molecule has 4 heterocycles. The Hall–Kier alpha value is -2.74. The topological polar surface area (TPSA) is 77.5 Å². The van der Waals surface area contributed by atoms with Crippen LogP contribution in [0.15, 0.2) is 40.4 Å². The number of aryl methyl sites for hydroxylation is 3. The molecule has 8 heteroatoms. The number of nitrogens with zero attached hydrogens (tertiary/aromatic N) is 6. The van der Waals surface area contributed by atoms with Crippen molar-refractivity contribution in [3.8, 4) is 0 Å². The summed E-state index contributed by atoms with van der Waals surface area (Å²) >= 11 is 1.44. The highest BCUT2D eigenvalue weighted by molar-refractivity contribution is 7.98. The van der Waals surface area contributed by atoms with Crippen LogP contribution in [0.5, 0.6) is 0 Å². The fourth-order valence-electron chi connectivity index (χ4n) is 2.68. The van der Waals surface area contributed by atoms with E-state index < -0.39 is 0 Å². The Morgan fingerprint density at radius 1 is 1.08 bits per heavy atom. The maximum absolute atomic E-state index is 12.2. The number of fused-ring (bicyclic) bond motifs is 2. The molecule has 0 aliphatic heterocycles. The molecule has 7 nitrogen and oxygen atoms in total. The molecule has 0 aliphatic rings. The molecule has 0 radical (unpaired) electrons. The lowest BCUT2D eigenvalue weighted by atomic mass is 10.3. The number of pyridine rings is 1. The predicted octanol–water partition coefficient (Wildman–Crippen LogP) is 2.35. The lowest BCUT2D eigenvalue weighted by Gasteiger charge is -2.03. The summed E-state index contributed by atoms with van der Waals surface area (Å²) < 4.78 is 3.27. The Bertz CT molecular complexity index is 1160. The van der Waals surface area contributed by atoms with Crippen LogP contribution >= 0.6 is 11.8 Å². The van der Waals surface area contributed by atoms with Crippen LogP contribution in [0.4, 0.5) is 0 Å². The molecule has 0 spiro atoms. The third-order valence-electron chi connectivity index (χ3n) is 3.82. The van der Waals surface area contributed by atoms with Crippen LogP contribution in [0.1, 0.15) is 22.6 Å². The second-order valence-corrected chi connectivity index (χ2v) is 6.89. The maximum atomic E-state index is 12.2. The van der Waals surface area contributed by atoms with Crippen molar-refractivity contribution in [3.05, 3.63) is 63.5 Å². The van der Waals surface area contributed by atoms with E-state index in [0.29, 0.717) is 28.0 Å². The van der Waals surface area contributed by atoms with Crippen LogP contribution in [0.3, 0.4) is 0 Å². The molecule has 4 aromatic heterocycles. The summed E-state index contributed by atoms with van der Waals surface area (Å²) in [5, 5.41) is 5.08. The lowest BCUT2D eigenvalue weighted by Crippen LogP contribution is -2.15. The van der Waals surface area contributed by atoms with Gasteiger partial charge in [-0.25, -0.2) is 14.5 Å². The summed E-state index contributed by atoms with van der Waals surface area (Å²) in [6.45, 7) is 5.88. The number of rotatable bonds is 3. The Labute approximate surface area is 147 Å². The van der Waals surface area contributed by atoms with E-state index in [1.54, 1.807) is 21.2 Å². The molecule has 0 saturated carbocycles. The first kappa shape index (κ1) is 15.8. The van der Waals surface area contributed by atoms with E-state index in [9.17, 15) is 4.79 Å². The summed E-state index contributed by atoms with van der Waals surface area (Å²) in [6.07, 6.45) is 1.75. The highest BCUT2D eigenvalue weighted by Crippen LogP contribution is 2.19. The Morgan fingerprint density at radius 2 is 1.92 bits per heavy atom. The first-order valence-electron chi connectivity index (χ1n) is 7.82. The third-order valence-corrected chi connectivity index (χ3v) is 4.70. The molecule has 0 amide bonds. The zero-order valence-corrected chi connectivity index (χ0v) is 14.9. The molecular weight excluding hydrogens is 336 g/mol. The molecule has 4 rings (SSSR count). The molecule has 0 aromatic carbocycles. The zero-order valence-electron chi connectivity index (χ0n) is 14.1. The Kier molecular flexibility index (Phi) is 3.76. The van der Waals surface area contributed by atoms with Gasteiger partial charge < -0.3 is 0 Å². The number of hydrogen-bond donors (Lipinski definition) is 0. The van der Waals surface area contributed by atoms with Gasteiger partial charge in [0, 0.05) is 29.4 Å². The van der Waals surface area contributed by atoms with Gasteiger partial charge in [-0.15, -0.1) is 5.10 Å². The molecule has 0 N–H and O–H groups in total. The molecule has 0 saturated heterocycles. The SMILES string of the molecule is Cc1ccn2c(=O)cc(CSc3nc4nc(C)cc(C)n4n3)nc2c1. The third kappa shape index (κ3) is 3.00. The van der Waals surface area contributed by atoms with Gasteiger partial charge in [-0.3, -0.25) is 9.20 Å². The van der Waals surface area contributed by atoms with Crippen LogP contribution in [-0.2, 0) is 5.75 Å². The molecule has 0 unspecified atom stereocenters. The van der Waals surface area contributed by atoms with Gasteiger partial charge >= 0.3 is 0 Å². The van der Waals surface area contributed by atoms with E-state index in [4.69, 9.17) is 0 Å². The Morgan fingerprint density at radius 3 is 2.76 bits per heavy atom. The molecular formula is C17H16N6OS. The van der Waals surface area contributed by atoms with E-state index in [1.165, 1.54) is 11.8 Å². The summed E-state index contributed by atoms with van der Waals surface area (Å²) in [5.41, 5.74) is 4.24. The largest absolute Gasteiger partial charge is 0.269 e. The molecule has 4 aromatic rings. The highest BCUT2D eigenvalue weighted by Gasteiger charge is 2.10. The predicted molar refractivity (Wildman–Crippen MR) is 96.0 cm³/mol. The van der Waals surface area contributed by atoms with Crippen molar-refractivity contribution in [2.45, 2.75) is 31.7 Å². The standard InChI is InChI=1S/C17H16N6OS/c1-10-4-5-22-14(6-10)19-13(8-15(22)24)9-25-17-20-16-18-11(2)7-12(3)23(16)21-17/h4-8H,9H2,1-3H3. The van der Waals surface area contributed by atoms with Crippen LogP contribution in [0.25, 0.3) is 11.4 Å². The normalized spacial score (nSPS) is 11.5. The molecule has 126 valence electrons. The second-order valence-electron chi connectivity index (χ2n) is 5.95.